The highest BCUT2D eigenvalue weighted by Crippen LogP contribution is 2.12. The molecule has 23 heavy (non-hydrogen) atoms. The molecule has 6 nitrogen and oxygen atoms in total. The van der Waals surface area contributed by atoms with Gasteiger partial charge in [-0.1, -0.05) is 6.07 Å². The Bertz CT molecular complexity index is 652. The summed E-state index contributed by atoms with van der Waals surface area (Å²) < 4.78 is 10.6. The monoisotopic (exact) mass is 316 g/mol. The summed E-state index contributed by atoms with van der Waals surface area (Å²) in [6.45, 7) is 1.81. The number of aryl methyl sites for hydroxylation is 1. The molecule has 0 radical (unpaired) electrons. The van der Waals surface area contributed by atoms with Crippen molar-refractivity contribution in [3.63, 3.8) is 0 Å². The fraction of sp³-hybridized carbons (Fsp3) is 0.294. The van der Waals surface area contributed by atoms with E-state index < -0.39 is 5.91 Å². The first-order valence-electron chi connectivity index (χ1n) is 7.39. The average Bonchev–Trinajstić information content (AvgIpc) is 3.04. The van der Waals surface area contributed by atoms with E-state index in [4.69, 9.17) is 14.9 Å². The number of nitrogens with two attached hydrogens (primary N) is 1. The highest BCUT2D eigenvalue weighted by Gasteiger charge is 2.10. The van der Waals surface area contributed by atoms with Crippen LogP contribution in [0.4, 0.5) is 0 Å². The van der Waals surface area contributed by atoms with Gasteiger partial charge in [-0.05, 0) is 43.7 Å². The number of primary amides is 1. The Kier molecular flexibility index (Phi) is 5.80. The van der Waals surface area contributed by atoms with Gasteiger partial charge in [0.2, 0.25) is 5.91 Å². The molecule has 6 heteroatoms. The van der Waals surface area contributed by atoms with Crippen molar-refractivity contribution >= 4 is 11.8 Å². The summed E-state index contributed by atoms with van der Waals surface area (Å²) in [4.78, 5) is 22.9. The highest BCUT2D eigenvalue weighted by atomic mass is 16.5. The van der Waals surface area contributed by atoms with Crippen LogP contribution in [0.1, 0.15) is 29.5 Å². The molecule has 2 aromatic rings. The second-order valence-corrected chi connectivity index (χ2v) is 5.27. The number of carbonyl (C=O) groups excluding carboxylic acids is 2. The fourth-order valence-electron chi connectivity index (χ4n) is 2.09. The molecule has 2 amide bonds. The zero-order chi connectivity index (χ0) is 16.7. The van der Waals surface area contributed by atoms with Gasteiger partial charge in [-0.25, -0.2) is 0 Å². The van der Waals surface area contributed by atoms with Crippen LogP contribution < -0.4 is 15.8 Å². The van der Waals surface area contributed by atoms with Gasteiger partial charge in [0, 0.05) is 18.0 Å². The molecule has 1 aromatic carbocycles. The Morgan fingerprint density at radius 3 is 2.83 bits per heavy atom. The topological polar surface area (TPSA) is 94.6 Å². The van der Waals surface area contributed by atoms with Gasteiger partial charge in [0.05, 0.1) is 6.26 Å². The molecule has 1 heterocycles. The van der Waals surface area contributed by atoms with Crippen molar-refractivity contribution in [3.05, 3.63) is 54.0 Å². The zero-order valence-corrected chi connectivity index (χ0v) is 13.0. The Labute approximate surface area is 134 Å². The molecule has 2 rings (SSSR count). The molecule has 0 aliphatic carbocycles. The smallest absolute Gasteiger partial charge is 0.258 e. The molecule has 3 N–H and O–H groups in total. The minimum Gasteiger partial charge on any atom is -0.484 e. The van der Waals surface area contributed by atoms with Crippen LogP contribution in [0.2, 0.25) is 0 Å². The van der Waals surface area contributed by atoms with E-state index in [0.717, 1.165) is 18.6 Å². The molecular weight excluding hydrogens is 296 g/mol. The molecule has 122 valence electrons. The lowest BCUT2D eigenvalue weighted by Crippen LogP contribution is -2.36. The number of hydrogen-bond acceptors (Lipinski definition) is 4. The van der Waals surface area contributed by atoms with E-state index in [-0.39, 0.29) is 18.6 Å². The fourth-order valence-corrected chi connectivity index (χ4v) is 2.09. The van der Waals surface area contributed by atoms with Crippen LogP contribution in [0.15, 0.2) is 47.1 Å². The van der Waals surface area contributed by atoms with Crippen LogP contribution in [-0.4, -0.2) is 24.5 Å². The minimum absolute atomic E-state index is 0.00755. The van der Waals surface area contributed by atoms with Crippen LogP contribution in [0.25, 0.3) is 0 Å². The first-order chi connectivity index (χ1) is 11.0. The van der Waals surface area contributed by atoms with Gasteiger partial charge in [0.25, 0.3) is 5.91 Å². The molecule has 0 fully saturated rings. The minimum atomic E-state index is -0.536. The van der Waals surface area contributed by atoms with E-state index in [9.17, 15) is 9.59 Å². The van der Waals surface area contributed by atoms with Crippen LogP contribution >= 0.6 is 0 Å². The number of benzene rings is 1. The summed E-state index contributed by atoms with van der Waals surface area (Å²) >= 11 is 0. The van der Waals surface area contributed by atoms with Crippen LogP contribution in [-0.2, 0) is 11.2 Å². The maximum absolute atomic E-state index is 11.9. The third-order valence-corrected chi connectivity index (χ3v) is 3.30. The predicted octanol–water partition coefficient (Wildman–Crippen LogP) is 1.89. The van der Waals surface area contributed by atoms with E-state index >= 15 is 0 Å². The van der Waals surface area contributed by atoms with Crippen molar-refractivity contribution in [1.82, 2.24) is 5.32 Å². The first-order valence-corrected chi connectivity index (χ1v) is 7.39. The second-order valence-electron chi connectivity index (χ2n) is 5.27. The maximum atomic E-state index is 11.9. The van der Waals surface area contributed by atoms with Gasteiger partial charge < -0.3 is 20.2 Å². The lowest BCUT2D eigenvalue weighted by Gasteiger charge is -2.13. The number of amides is 2. The van der Waals surface area contributed by atoms with E-state index in [1.165, 1.54) is 6.07 Å². The van der Waals surface area contributed by atoms with E-state index in [2.05, 4.69) is 5.32 Å². The van der Waals surface area contributed by atoms with Gasteiger partial charge >= 0.3 is 0 Å². The Hall–Kier alpha value is -2.76. The van der Waals surface area contributed by atoms with Crippen molar-refractivity contribution in [3.8, 4) is 5.75 Å². The molecule has 0 spiro atoms. The quantitative estimate of drug-likeness (QED) is 0.777. The van der Waals surface area contributed by atoms with Gasteiger partial charge in [-0.15, -0.1) is 0 Å². The molecule has 0 saturated heterocycles. The van der Waals surface area contributed by atoms with E-state index in [1.54, 1.807) is 24.5 Å². The van der Waals surface area contributed by atoms with Crippen molar-refractivity contribution < 1.29 is 18.7 Å². The van der Waals surface area contributed by atoms with Gasteiger partial charge in [0.15, 0.2) is 6.61 Å². The molecule has 0 aliphatic heterocycles. The molecular formula is C17H20N2O4. The first kappa shape index (κ1) is 16.6. The predicted molar refractivity (Wildman–Crippen MR) is 85.1 cm³/mol. The average molecular weight is 316 g/mol. The molecule has 0 saturated carbocycles. The lowest BCUT2D eigenvalue weighted by molar-refractivity contribution is -0.123. The van der Waals surface area contributed by atoms with Crippen LogP contribution in [0.3, 0.4) is 0 Å². The molecule has 1 atom stereocenters. The molecule has 1 unspecified atom stereocenters. The van der Waals surface area contributed by atoms with Crippen LogP contribution in [0, 0.1) is 0 Å². The molecule has 0 bridgehead atoms. The zero-order valence-electron chi connectivity index (χ0n) is 13.0. The van der Waals surface area contributed by atoms with Crippen LogP contribution in [0.5, 0.6) is 5.75 Å². The summed E-state index contributed by atoms with van der Waals surface area (Å²) in [5, 5.41) is 2.85. The standard InChI is InChI=1S/C17H20N2O4/c1-12(7-8-14-6-3-9-22-14)19-16(20)11-23-15-5-2-4-13(10-15)17(18)21/h2-6,9-10,12H,7-8,11H2,1H3,(H2,18,21)(H,19,20). The number of furan rings is 1. The number of carbonyl (C=O) groups is 2. The van der Waals surface area contributed by atoms with Crippen molar-refractivity contribution in [2.24, 2.45) is 5.73 Å². The maximum Gasteiger partial charge on any atom is 0.258 e. The van der Waals surface area contributed by atoms with Gasteiger partial charge in [-0.2, -0.15) is 0 Å². The summed E-state index contributed by atoms with van der Waals surface area (Å²) in [5.74, 6) is 0.568. The third-order valence-electron chi connectivity index (χ3n) is 3.30. The highest BCUT2D eigenvalue weighted by molar-refractivity contribution is 5.93. The van der Waals surface area contributed by atoms with E-state index in [0.29, 0.717) is 11.3 Å². The summed E-state index contributed by atoms with van der Waals surface area (Å²) in [7, 11) is 0. The van der Waals surface area contributed by atoms with Crippen molar-refractivity contribution in [1.29, 1.82) is 0 Å². The summed E-state index contributed by atoms with van der Waals surface area (Å²) in [5.41, 5.74) is 5.54. The summed E-state index contributed by atoms with van der Waals surface area (Å²) in [6, 6.07) is 10.2. The second kappa shape index (κ2) is 8.03. The Morgan fingerprint density at radius 1 is 1.30 bits per heavy atom. The SMILES string of the molecule is CC(CCc1ccco1)NC(=O)COc1cccc(C(N)=O)c1. The van der Waals surface area contributed by atoms with Gasteiger partial charge in [0.1, 0.15) is 11.5 Å². The normalized spacial score (nSPS) is 11.7. The number of nitrogens with one attached hydrogen (secondary N) is 1. The number of rotatable bonds is 8. The number of ether oxygens (including phenoxy) is 1. The lowest BCUT2D eigenvalue weighted by atomic mass is 10.1. The Balaban J connectivity index is 1.74. The van der Waals surface area contributed by atoms with Gasteiger partial charge in [-0.3, -0.25) is 9.59 Å². The summed E-state index contributed by atoms with van der Waals surface area (Å²) in [6.07, 6.45) is 3.17. The van der Waals surface area contributed by atoms with Crippen molar-refractivity contribution in [2.45, 2.75) is 25.8 Å². The third kappa shape index (κ3) is 5.50. The Morgan fingerprint density at radius 2 is 2.13 bits per heavy atom. The molecule has 1 aromatic heterocycles. The van der Waals surface area contributed by atoms with E-state index in [1.807, 2.05) is 19.1 Å². The molecule has 0 aliphatic rings. The number of hydrogen-bond donors (Lipinski definition) is 2. The largest absolute Gasteiger partial charge is 0.484 e. The van der Waals surface area contributed by atoms with Crippen molar-refractivity contribution in [2.75, 3.05) is 6.61 Å².